The van der Waals surface area contributed by atoms with Gasteiger partial charge in [-0.2, -0.15) is 18.3 Å². The Labute approximate surface area is 143 Å². The van der Waals surface area contributed by atoms with E-state index < -0.39 is 11.9 Å². The molecule has 1 unspecified atom stereocenters. The van der Waals surface area contributed by atoms with E-state index in [0.29, 0.717) is 18.0 Å². The number of rotatable bonds is 5. The van der Waals surface area contributed by atoms with Crippen molar-refractivity contribution in [3.63, 3.8) is 0 Å². The lowest BCUT2D eigenvalue weighted by Gasteiger charge is -2.12. The monoisotopic (exact) mass is 352 g/mol. The Hall–Kier alpha value is -2.35. The molecule has 8 heteroatoms. The third-order valence-corrected chi connectivity index (χ3v) is 4.27. The summed E-state index contributed by atoms with van der Waals surface area (Å²) >= 11 is 0. The largest absolute Gasteiger partial charge is 0.433 e. The number of alkyl halides is 3. The molecule has 1 amide bonds. The summed E-state index contributed by atoms with van der Waals surface area (Å²) in [6.45, 7) is 1.95. The lowest BCUT2D eigenvalue weighted by Crippen LogP contribution is -2.15. The van der Waals surface area contributed by atoms with E-state index in [-0.39, 0.29) is 11.6 Å². The number of amides is 1. The van der Waals surface area contributed by atoms with Gasteiger partial charge in [0.2, 0.25) is 5.91 Å². The van der Waals surface area contributed by atoms with Crippen LogP contribution in [0.15, 0.2) is 36.5 Å². The fraction of sp³-hybridized carbons (Fsp3) is 0.412. The third-order valence-electron chi connectivity index (χ3n) is 4.27. The number of aromatic nitrogens is 2. The maximum atomic E-state index is 12.9. The summed E-state index contributed by atoms with van der Waals surface area (Å²) in [5, 5.41) is 9.75. The van der Waals surface area contributed by atoms with Crippen LogP contribution in [-0.2, 0) is 11.0 Å². The van der Waals surface area contributed by atoms with Gasteiger partial charge in [-0.25, -0.2) is 4.68 Å². The molecule has 0 radical (unpaired) electrons. The maximum absolute atomic E-state index is 12.9. The molecule has 0 saturated carbocycles. The van der Waals surface area contributed by atoms with E-state index in [4.69, 9.17) is 0 Å². The van der Waals surface area contributed by atoms with Crippen molar-refractivity contribution in [3.05, 3.63) is 42.2 Å². The van der Waals surface area contributed by atoms with E-state index in [2.05, 4.69) is 15.7 Å². The topological polar surface area (TPSA) is 59.0 Å². The first-order valence-corrected chi connectivity index (χ1v) is 8.16. The van der Waals surface area contributed by atoms with E-state index in [1.54, 1.807) is 12.1 Å². The van der Waals surface area contributed by atoms with Crippen LogP contribution < -0.4 is 10.6 Å². The van der Waals surface area contributed by atoms with Gasteiger partial charge in [-0.3, -0.25) is 4.79 Å². The Morgan fingerprint density at radius 3 is 2.68 bits per heavy atom. The summed E-state index contributed by atoms with van der Waals surface area (Å²) in [5.41, 5.74) is 0.000763. The van der Waals surface area contributed by atoms with Gasteiger partial charge >= 0.3 is 6.18 Å². The molecule has 1 atom stereocenters. The lowest BCUT2D eigenvalue weighted by molar-refractivity contribution is -0.142. The second-order valence-corrected chi connectivity index (χ2v) is 6.12. The molecule has 0 aliphatic carbocycles. The molecule has 1 fully saturated rings. The lowest BCUT2D eigenvalue weighted by atomic mass is 10.0. The molecule has 2 heterocycles. The van der Waals surface area contributed by atoms with Gasteiger partial charge in [0.25, 0.3) is 0 Å². The number of carbonyl (C=O) groups excluding carboxylic acids is 1. The number of anilines is 1. The van der Waals surface area contributed by atoms with Crippen LogP contribution in [0, 0.1) is 5.92 Å². The Balaban J connectivity index is 1.60. The smallest absolute Gasteiger partial charge is 0.326 e. The number of nitrogens with zero attached hydrogens (tertiary/aromatic N) is 2. The molecule has 1 saturated heterocycles. The van der Waals surface area contributed by atoms with Gasteiger partial charge in [-0.05, 0) is 62.2 Å². The number of nitrogens with one attached hydrogen (secondary N) is 2. The minimum absolute atomic E-state index is 0.0882. The summed E-state index contributed by atoms with van der Waals surface area (Å²) in [7, 11) is 0. The van der Waals surface area contributed by atoms with E-state index in [1.807, 2.05) is 0 Å². The summed E-state index contributed by atoms with van der Waals surface area (Å²) in [6, 6.07) is 7.07. The molecule has 1 aromatic carbocycles. The van der Waals surface area contributed by atoms with Crippen molar-refractivity contribution in [1.82, 2.24) is 15.1 Å². The molecule has 1 aliphatic rings. The quantitative estimate of drug-likeness (QED) is 0.869. The van der Waals surface area contributed by atoms with Crippen LogP contribution in [0.5, 0.6) is 0 Å². The van der Waals surface area contributed by atoms with Gasteiger partial charge in [0.1, 0.15) is 5.69 Å². The van der Waals surface area contributed by atoms with Gasteiger partial charge in [0.15, 0.2) is 0 Å². The van der Waals surface area contributed by atoms with Gasteiger partial charge < -0.3 is 10.6 Å². The van der Waals surface area contributed by atoms with Crippen LogP contribution in [0.2, 0.25) is 0 Å². The average molecular weight is 352 g/mol. The standard InChI is InChI=1S/C17H19F3N4O/c18-17(19,20)15-8-10-22-24(15)14-4-2-13(3-5-14)23-16(25)6-1-12-7-9-21-11-12/h2-5,8,10,12,21H,1,6-7,9,11H2,(H,23,25). The van der Waals surface area contributed by atoms with Crippen LogP contribution in [0.1, 0.15) is 25.0 Å². The highest BCUT2D eigenvalue weighted by Gasteiger charge is 2.35. The molecule has 134 valence electrons. The van der Waals surface area contributed by atoms with E-state index in [0.717, 1.165) is 42.9 Å². The predicted octanol–water partition coefficient (Wildman–Crippen LogP) is 3.22. The van der Waals surface area contributed by atoms with Crippen molar-refractivity contribution in [3.8, 4) is 5.69 Å². The summed E-state index contributed by atoms with van der Waals surface area (Å²) in [6.07, 6.45) is -1.01. The summed E-state index contributed by atoms with van der Waals surface area (Å²) in [5.74, 6) is 0.448. The second-order valence-electron chi connectivity index (χ2n) is 6.12. The summed E-state index contributed by atoms with van der Waals surface area (Å²) < 4.78 is 39.6. The first-order chi connectivity index (χ1) is 11.9. The molecule has 3 rings (SSSR count). The van der Waals surface area contributed by atoms with Gasteiger partial charge in [0, 0.05) is 12.1 Å². The van der Waals surface area contributed by atoms with Crippen LogP contribution in [0.25, 0.3) is 5.69 Å². The number of hydrogen-bond donors (Lipinski definition) is 2. The summed E-state index contributed by atoms with van der Waals surface area (Å²) in [4.78, 5) is 12.0. The van der Waals surface area contributed by atoms with Crippen molar-refractivity contribution in [2.75, 3.05) is 18.4 Å². The fourth-order valence-corrected chi connectivity index (χ4v) is 2.93. The first-order valence-electron chi connectivity index (χ1n) is 8.16. The minimum atomic E-state index is -4.47. The highest BCUT2D eigenvalue weighted by atomic mass is 19.4. The zero-order valence-electron chi connectivity index (χ0n) is 13.5. The van der Waals surface area contributed by atoms with Gasteiger partial charge in [-0.1, -0.05) is 0 Å². The van der Waals surface area contributed by atoms with Crippen LogP contribution in [-0.4, -0.2) is 28.8 Å². The van der Waals surface area contributed by atoms with Crippen LogP contribution >= 0.6 is 0 Å². The van der Waals surface area contributed by atoms with E-state index >= 15 is 0 Å². The predicted molar refractivity (Wildman–Crippen MR) is 87.4 cm³/mol. The van der Waals surface area contributed by atoms with E-state index in [9.17, 15) is 18.0 Å². The molecule has 25 heavy (non-hydrogen) atoms. The highest BCUT2D eigenvalue weighted by Crippen LogP contribution is 2.30. The number of carbonyl (C=O) groups is 1. The molecule has 2 N–H and O–H groups in total. The number of benzene rings is 1. The van der Waals surface area contributed by atoms with Gasteiger partial charge in [0.05, 0.1) is 11.9 Å². The first kappa shape index (κ1) is 17.5. The maximum Gasteiger partial charge on any atom is 0.433 e. The zero-order valence-corrected chi connectivity index (χ0v) is 13.5. The number of hydrogen-bond acceptors (Lipinski definition) is 3. The van der Waals surface area contributed by atoms with Crippen molar-refractivity contribution in [2.24, 2.45) is 5.92 Å². The number of halogens is 3. The molecule has 1 aliphatic heterocycles. The van der Waals surface area contributed by atoms with Crippen molar-refractivity contribution in [2.45, 2.75) is 25.4 Å². The second kappa shape index (κ2) is 7.26. The SMILES string of the molecule is O=C(CCC1CCNC1)Nc1ccc(-n2nccc2C(F)(F)F)cc1. The molecule has 5 nitrogen and oxygen atoms in total. The Bertz CT molecular complexity index is 718. The molecule has 2 aromatic rings. The van der Waals surface area contributed by atoms with Crippen LogP contribution in [0.4, 0.5) is 18.9 Å². The molecule has 0 bridgehead atoms. The average Bonchev–Trinajstić information content (AvgIpc) is 3.25. The zero-order chi connectivity index (χ0) is 17.9. The Morgan fingerprint density at radius 1 is 1.28 bits per heavy atom. The van der Waals surface area contributed by atoms with Crippen LogP contribution in [0.3, 0.4) is 0 Å². The van der Waals surface area contributed by atoms with Gasteiger partial charge in [-0.15, -0.1) is 0 Å². The molecule has 1 aromatic heterocycles. The Kier molecular flexibility index (Phi) is 5.08. The van der Waals surface area contributed by atoms with Crippen molar-refractivity contribution < 1.29 is 18.0 Å². The molecular formula is C17H19F3N4O. The molecule has 0 spiro atoms. The third kappa shape index (κ3) is 4.39. The molecular weight excluding hydrogens is 333 g/mol. The minimum Gasteiger partial charge on any atom is -0.326 e. The van der Waals surface area contributed by atoms with E-state index in [1.165, 1.54) is 12.1 Å². The highest BCUT2D eigenvalue weighted by molar-refractivity contribution is 5.90. The Morgan fingerprint density at radius 2 is 2.04 bits per heavy atom. The van der Waals surface area contributed by atoms with Crippen molar-refractivity contribution in [1.29, 1.82) is 0 Å². The fourth-order valence-electron chi connectivity index (χ4n) is 2.93. The normalized spacial score (nSPS) is 17.6. The van der Waals surface area contributed by atoms with Crippen molar-refractivity contribution >= 4 is 11.6 Å².